The first-order valence-electron chi connectivity index (χ1n) is 7.21. The van der Waals surface area contributed by atoms with Crippen molar-refractivity contribution in [2.24, 2.45) is 5.92 Å². The Labute approximate surface area is 106 Å². The van der Waals surface area contributed by atoms with Crippen LogP contribution in [0.25, 0.3) is 0 Å². The minimum absolute atomic E-state index is 0.526. The lowest BCUT2D eigenvalue weighted by atomic mass is 9.93. The zero-order valence-corrected chi connectivity index (χ0v) is 11.5. The fraction of sp³-hybridized carbons (Fsp3) is 1.00. The van der Waals surface area contributed by atoms with Gasteiger partial charge >= 0.3 is 0 Å². The van der Waals surface area contributed by atoms with Crippen LogP contribution in [-0.4, -0.2) is 37.0 Å². The highest BCUT2D eigenvalue weighted by Gasteiger charge is 2.29. The van der Waals surface area contributed by atoms with Gasteiger partial charge in [0.15, 0.2) is 0 Å². The second-order valence-corrected chi connectivity index (χ2v) is 5.38. The average molecular weight is 243 g/mol. The van der Waals surface area contributed by atoms with Crippen molar-refractivity contribution in [3.63, 3.8) is 0 Å². The Morgan fingerprint density at radius 2 is 2.00 bits per heavy atom. The molecule has 3 heteroatoms. The molecule has 2 N–H and O–H groups in total. The van der Waals surface area contributed by atoms with Crippen LogP contribution in [0.4, 0.5) is 0 Å². The van der Waals surface area contributed by atoms with E-state index in [1.165, 1.54) is 25.7 Å². The van der Waals surface area contributed by atoms with Gasteiger partial charge in [-0.15, -0.1) is 0 Å². The second-order valence-electron chi connectivity index (χ2n) is 5.38. The van der Waals surface area contributed by atoms with Crippen LogP contribution >= 0.6 is 0 Å². The minimum Gasteiger partial charge on any atom is -0.388 e. The number of rotatable bonds is 8. The van der Waals surface area contributed by atoms with Crippen molar-refractivity contribution < 1.29 is 9.84 Å². The van der Waals surface area contributed by atoms with Crippen LogP contribution in [0.2, 0.25) is 0 Å². The third-order valence-electron chi connectivity index (χ3n) is 3.85. The lowest BCUT2D eigenvalue weighted by Crippen LogP contribution is -2.46. The van der Waals surface area contributed by atoms with Crippen LogP contribution in [-0.2, 0) is 4.74 Å². The maximum Gasteiger partial charge on any atom is 0.0815 e. The molecule has 0 aromatic heterocycles. The molecule has 1 unspecified atom stereocenters. The van der Waals surface area contributed by atoms with E-state index in [-0.39, 0.29) is 0 Å². The SMILES string of the molecule is CCCCC(CC)CNCC1(O)CCOCC1. The van der Waals surface area contributed by atoms with Gasteiger partial charge in [0.2, 0.25) is 0 Å². The standard InChI is InChI=1S/C14H29NO2/c1-3-5-6-13(4-2)11-15-12-14(16)7-9-17-10-8-14/h13,15-16H,3-12H2,1-2H3. The van der Waals surface area contributed by atoms with Gasteiger partial charge < -0.3 is 15.2 Å². The fourth-order valence-corrected chi connectivity index (χ4v) is 2.38. The zero-order valence-electron chi connectivity index (χ0n) is 11.5. The Morgan fingerprint density at radius 3 is 2.59 bits per heavy atom. The number of ether oxygens (including phenoxy) is 1. The Kier molecular flexibility index (Phi) is 7.09. The molecule has 1 atom stereocenters. The van der Waals surface area contributed by atoms with Crippen LogP contribution in [0, 0.1) is 5.92 Å². The maximum atomic E-state index is 10.3. The van der Waals surface area contributed by atoms with E-state index in [0.29, 0.717) is 13.2 Å². The molecule has 1 rings (SSSR count). The lowest BCUT2D eigenvalue weighted by Gasteiger charge is -2.32. The number of hydrogen-bond donors (Lipinski definition) is 2. The molecule has 0 aromatic carbocycles. The summed E-state index contributed by atoms with van der Waals surface area (Å²) in [6.45, 7) is 7.66. The van der Waals surface area contributed by atoms with Gasteiger partial charge in [0, 0.05) is 32.6 Å². The summed E-state index contributed by atoms with van der Waals surface area (Å²) < 4.78 is 5.28. The molecule has 17 heavy (non-hydrogen) atoms. The third-order valence-corrected chi connectivity index (χ3v) is 3.85. The molecule has 0 aliphatic carbocycles. The molecule has 0 saturated carbocycles. The molecule has 0 amide bonds. The van der Waals surface area contributed by atoms with E-state index in [9.17, 15) is 5.11 Å². The van der Waals surface area contributed by atoms with Crippen molar-refractivity contribution in [2.45, 2.75) is 58.0 Å². The van der Waals surface area contributed by atoms with Gasteiger partial charge in [-0.2, -0.15) is 0 Å². The number of aliphatic hydroxyl groups is 1. The maximum absolute atomic E-state index is 10.3. The minimum atomic E-state index is -0.526. The summed E-state index contributed by atoms with van der Waals surface area (Å²) in [4.78, 5) is 0. The molecule has 102 valence electrons. The molecular weight excluding hydrogens is 214 g/mol. The first kappa shape index (κ1) is 14.9. The van der Waals surface area contributed by atoms with Crippen molar-refractivity contribution in [3.8, 4) is 0 Å². The largest absolute Gasteiger partial charge is 0.388 e. The quantitative estimate of drug-likeness (QED) is 0.687. The summed E-state index contributed by atoms with van der Waals surface area (Å²) in [5.74, 6) is 0.762. The van der Waals surface area contributed by atoms with Crippen molar-refractivity contribution in [3.05, 3.63) is 0 Å². The predicted molar refractivity (Wildman–Crippen MR) is 71.2 cm³/mol. The normalized spacial score (nSPS) is 21.4. The smallest absolute Gasteiger partial charge is 0.0815 e. The van der Waals surface area contributed by atoms with Crippen molar-refractivity contribution in [1.82, 2.24) is 5.32 Å². The van der Waals surface area contributed by atoms with Crippen molar-refractivity contribution >= 4 is 0 Å². The molecule has 1 aliphatic rings. The van der Waals surface area contributed by atoms with Gasteiger partial charge in [-0.3, -0.25) is 0 Å². The van der Waals surface area contributed by atoms with E-state index in [2.05, 4.69) is 19.2 Å². The molecule has 3 nitrogen and oxygen atoms in total. The molecule has 0 aromatic rings. The zero-order chi connectivity index (χ0) is 12.6. The molecule has 1 aliphatic heterocycles. The first-order chi connectivity index (χ1) is 8.20. The van der Waals surface area contributed by atoms with Gasteiger partial charge in [-0.05, 0) is 18.9 Å². The summed E-state index contributed by atoms with van der Waals surface area (Å²) >= 11 is 0. The Morgan fingerprint density at radius 1 is 1.29 bits per heavy atom. The van der Waals surface area contributed by atoms with Crippen molar-refractivity contribution in [1.29, 1.82) is 0 Å². The Hall–Kier alpha value is -0.120. The summed E-state index contributed by atoms with van der Waals surface area (Å²) in [5, 5.41) is 13.7. The van der Waals surface area contributed by atoms with E-state index in [1.54, 1.807) is 0 Å². The molecule has 0 spiro atoms. The second kappa shape index (κ2) is 8.06. The van der Waals surface area contributed by atoms with Crippen LogP contribution in [0.5, 0.6) is 0 Å². The van der Waals surface area contributed by atoms with Crippen LogP contribution in [0.15, 0.2) is 0 Å². The van der Waals surface area contributed by atoms with Gasteiger partial charge in [0.05, 0.1) is 5.60 Å². The topological polar surface area (TPSA) is 41.5 Å². The third kappa shape index (κ3) is 5.84. The summed E-state index contributed by atoms with van der Waals surface area (Å²) in [6.07, 6.45) is 6.67. The number of hydrogen-bond acceptors (Lipinski definition) is 3. The monoisotopic (exact) mass is 243 g/mol. The fourth-order valence-electron chi connectivity index (χ4n) is 2.38. The first-order valence-corrected chi connectivity index (χ1v) is 7.21. The highest BCUT2D eigenvalue weighted by atomic mass is 16.5. The van der Waals surface area contributed by atoms with Gasteiger partial charge in [0.1, 0.15) is 0 Å². The highest BCUT2D eigenvalue weighted by molar-refractivity contribution is 4.83. The average Bonchev–Trinajstić information content (AvgIpc) is 2.34. The Balaban J connectivity index is 2.16. The van der Waals surface area contributed by atoms with Gasteiger partial charge in [-0.1, -0.05) is 33.1 Å². The van der Waals surface area contributed by atoms with Crippen LogP contribution in [0.3, 0.4) is 0 Å². The molecule has 1 saturated heterocycles. The van der Waals surface area contributed by atoms with E-state index in [4.69, 9.17) is 4.74 Å². The van der Waals surface area contributed by atoms with Gasteiger partial charge in [0.25, 0.3) is 0 Å². The Bertz CT molecular complexity index is 191. The van der Waals surface area contributed by atoms with E-state index in [0.717, 1.165) is 31.8 Å². The van der Waals surface area contributed by atoms with Crippen LogP contribution < -0.4 is 5.32 Å². The highest BCUT2D eigenvalue weighted by Crippen LogP contribution is 2.19. The van der Waals surface area contributed by atoms with E-state index >= 15 is 0 Å². The van der Waals surface area contributed by atoms with Gasteiger partial charge in [-0.25, -0.2) is 0 Å². The molecule has 1 heterocycles. The molecular formula is C14H29NO2. The predicted octanol–water partition coefficient (Wildman–Crippen LogP) is 2.33. The van der Waals surface area contributed by atoms with E-state index in [1.807, 2.05) is 0 Å². The number of unbranched alkanes of at least 4 members (excludes halogenated alkanes) is 1. The molecule has 1 fully saturated rings. The summed E-state index contributed by atoms with van der Waals surface area (Å²) in [6, 6.07) is 0. The van der Waals surface area contributed by atoms with Crippen molar-refractivity contribution in [2.75, 3.05) is 26.3 Å². The lowest BCUT2D eigenvalue weighted by molar-refractivity contribution is -0.0618. The summed E-state index contributed by atoms with van der Waals surface area (Å²) in [5.41, 5.74) is -0.526. The van der Waals surface area contributed by atoms with E-state index < -0.39 is 5.60 Å². The number of nitrogens with one attached hydrogen (secondary N) is 1. The molecule has 0 radical (unpaired) electrons. The summed E-state index contributed by atoms with van der Waals surface area (Å²) in [7, 11) is 0. The molecule has 0 bridgehead atoms. The van der Waals surface area contributed by atoms with Crippen LogP contribution in [0.1, 0.15) is 52.4 Å².